The highest BCUT2D eigenvalue weighted by molar-refractivity contribution is 5.94. The summed E-state index contributed by atoms with van der Waals surface area (Å²) in [5, 5.41) is 2.99. The second-order valence-corrected chi connectivity index (χ2v) is 5.90. The highest BCUT2D eigenvalue weighted by atomic mass is 16.1. The van der Waals surface area contributed by atoms with Crippen LogP contribution in [-0.2, 0) is 4.79 Å². The molecule has 1 aromatic rings. The third kappa shape index (κ3) is 5.21. The van der Waals surface area contributed by atoms with Gasteiger partial charge in [-0.1, -0.05) is 26.0 Å². The third-order valence-corrected chi connectivity index (χ3v) is 3.27. The predicted octanol–water partition coefficient (Wildman–Crippen LogP) is 2.70. The van der Waals surface area contributed by atoms with Crippen LogP contribution in [0.5, 0.6) is 0 Å². The van der Waals surface area contributed by atoms with Crippen molar-refractivity contribution in [3.8, 4) is 0 Å². The number of rotatable bonds is 7. The van der Waals surface area contributed by atoms with Crippen LogP contribution in [0.15, 0.2) is 24.3 Å². The van der Waals surface area contributed by atoms with Gasteiger partial charge in [0.2, 0.25) is 5.91 Å². The second kappa shape index (κ2) is 7.90. The number of amides is 1. The molecule has 0 aliphatic carbocycles. The summed E-state index contributed by atoms with van der Waals surface area (Å²) in [5.41, 5.74) is 7.61. The van der Waals surface area contributed by atoms with Gasteiger partial charge in [0.05, 0.1) is 11.4 Å². The first-order valence-electron chi connectivity index (χ1n) is 7.20. The Morgan fingerprint density at radius 3 is 2.50 bits per heavy atom. The zero-order valence-corrected chi connectivity index (χ0v) is 13.0. The molecule has 112 valence electrons. The van der Waals surface area contributed by atoms with Gasteiger partial charge in [-0.05, 0) is 36.9 Å². The standard InChI is InChI=1S/C16H27N3O/c1-12(2)9-13(11-17)10-16(20)18-14-7-5-6-8-15(14)19(3)4/h5-8,12-13H,9-11,17H2,1-4H3,(H,18,20). The number of carbonyl (C=O) groups excluding carboxylic acids is 1. The molecule has 0 fully saturated rings. The predicted molar refractivity (Wildman–Crippen MR) is 86.0 cm³/mol. The number of hydrogen-bond donors (Lipinski definition) is 2. The maximum Gasteiger partial charge on any atom is 0.224 e. The summed E-state index contributed by atoms with van der Waals surface area (Å²) < 4.78 is 0. The monoisotopic (exact) mass is 277 g/mol. The van der Waals surface area contributed by atoms with E-state index in [2.05, 4.69) is 19.2 Å². The minimum Gasteiger partial charge on any atom is -0.376 e. The summed E-state index contributed by atoms with van der Waals surface area (Å²) in [6, 6.07) is 7.81. The Kier molecular flexibility index (Phi) is 6.52. The molecule has 1 aromatic carbocycles. The van der Waals surface area contributed by atoms with E-state index in [0.717, 1.165) is 17.8 Å². The maximum absolute atomic E-state index is 12.2. The molecule has 1 atom stereocenters. The van der Waals surface area contributed by atoms with Gasteiger partial charge in [0.25, 0.3) is 0 Å². The first-order valence-corrected chi connectivity index (χ1v) is 7.20. The Morgan fingerprint density at radius 1 is 1.30 bits per heavy atom. The van der Waals surface area contributed by atoms with Crippen molar-refractivity contribution in [2.45, 2.75) is 26.7 Å². The Bertz CT molecular complexity index is 429. The van der Waals surface area contributed by atoms with E-state index in [4.69, 9.17) is 5.73 Å². The molecule has 0 aliphatic rings. The van der Waals surface area contributed by atoms with E-state index in [9.17, 15) is 4.79 Å². The molecule has 0 heterocycles. The second-order valence-electron chi connectivity index (χ2n) is 5.90. The fourth-order valence-electron chi connectivity index (χ4n) is 2.36. The molecule has 1 unspecified atom stereocenters. The van der Waals surface area contributed by atoms with E-state index in [1.54, 1.807) is 0 Å². The summed E-state index contributed by atoms with van der Waals surface area (Å²) in [5.74, 6) is 0.849. The average Bonchev–Trinajstić information content (AvgIpc) is 2.37. The highest BCUT2D eigenvalue weighted by Gasteiger charge is 2.15. The largest absolute Gasteiger partial charge is 0.376 e. The maximum atomic E-state index is 12.2. The first-order chi connectivity index (χ1) is 9.43. The van der Waals surface area contributed by atoms with Crippen molar-refractivity contribution in [3.63, 3.8) is 0 Å². The lowest BCUT2D eigenvalue weighted by Gasteiger charge is -2.20. The summed E-state index contributed by atoms with van der Waals surface area (Å²) in [6.45, 7) is 4.87. The summed E-state index contributed by atoms with van der Waals surface area (Å²) in [4.78, 5) is 14.1. The molecule has 0 radical (unpaired) electrons. The normalized spacial score (nSPS) is 12.3. The number of anilines is 2. The van der Waals surface area contributed by atoms with Crippen molar-refractivity contribution >= 4 is 17.3 Å². The summed E-state index contributed by atoms with van der Waals surface area (Å²) in [6.07, 6.45) is 1.47. The van der Waals surface area contributed by atoms with Gasteiger partial charge in [0, 0.05) is 20.5 Å². The number of benzene rings is 1. The van der Waals surface area contributed by atoms with E-state index in [-0.39, 0.29) is 11.8 Å². The minimum absolute atomic E-state index is 0.0374. The number of carbonyl (C=O) groups is 1. The molecule has 1 rings (SSSR count). The van der Waals surface area contributed by atoms with Crippen molar-refractivity contribution in [2.24, 2.45) is 17.6 Å². The zero-order valence-electron chi connectivity index (χ0n) is 13.0. The van der Waals surface area contributed by atoms with Crippen LogP contribution >= 0.6 is 0 Å². The number of nitrogens with zero attached hydrogens (tertiary/aromatic N) is 1. The van der Waals surface area contributed by atoms with Crippen molar-refractivity contribution in [1.29, 1.82) is 0 Å². The van der Waals surface area contributed by atoms with E-state index < -0.39 is 0 Å². The molecule has 4 heteroatoms. The lowest BCUT2D eigenvalue weighted by molar-refractivity contribution is -0.117. The first kappa shape index (κ1) is 16.5. The molecule has 0 aliphatic heterocycles. The lowest BCUT2D eigenvalue weighted by Crippen LogP contribution is -2.24. The fraction of sp³-hybridized carbons (Fsp3) is 0.562. The topological polar surface area (TPSA) is 58.4 Å². The molecule has 0 saturated heterocycles. The van der Waals surface area contributed by atoms with Crippen LogP contribution in [0.1, 0.15) is 26.7 Å². The summed E-state index contributed by atoms with van der Waals surface area (Å²) in [7, 11) is 3.93. The highest BCUT2D eigenvalue weighted by Crippen LogP contribution is 2.24. The fourth-order valence-corrected chi connectivity index (χ4v) is 2.36. The van der Waals surface area contributed by atoms with Gasteiger partial charge < -0.3 is 16.0 Å². The van der Waals surface area contributed by atoms with Crippen molar-refractivity contribution in [2.75, 3.05) is 30.9 Å². The Labute approximate surface area is 122 Å². The average molecular weight is 277 g/mol. The molecule has 20 heavy (non-hydrogen) atoms. The molecule has 0 spiro atoms. The number of nitrogens with two attached hydrogens (primary N) is 1. The van der Waals surface area contributed by atoms with Gasteiger partial charge in [0.1, 0.15) is 0 Å². The quantitative estimate of drug-likeness (QED) is 0.805. The van der Waals surface area contributed by atoms with Crippen LogP contribution in [0.2, 0.25) is 0 Å². The number of para-hydroxylation sites is 2. The van der Waals surface area contributed by atoms with E-state index in [1.807, 2.05) is 43.3 Å². The van der Waals surface area contributed by atoms with Crippen LogP contribution in [0, 0.1) is 11.8 Å². The van der Waals surface area contributed by atoms with Crippen LogP contribution in [0.25, 0.3) is 0 Å². The van der Waals surface area contributed by atoms with Gasteiger partial charge in [0.15, 0.2) is 0 Å². The molecule has 1 amide bonds. The third-order valence-electron chi connectivity index (χ3n) is 3.27. The number of nitrogens with one attached hydrogen (secondary N) is 1. The lowest BCUT2D eigenvalue weighted by atomic mass is 9.94. The van der Waals surface area contributed by atoms with Gasteiger partial charge >= 0.3 is 0 Å². The molecule has 4 nitrogen and oxygen atoms in total. The Hall–Kier alpha value is -1.55. The SMILES string of the molecule is CC(C)CC(CN)CC(=O)Nc1ccccc1N(C)C. The van der Waals surface area contributed by atoms with Gasteiger partial charge in [-0.2, -0.15) is 0 Å². The minimum atomic E-state index is 0.0374. The van der Waals surface area contributed by atoms with Crippen LogP contribution in [0.4, 0.5) is 11.4 Å². The van der Waals surface area contributed by atoms with Gasteiger partial charge in [-0.15, -0.1) is 0 Å². The van der Waals surface area contributed by atoms with E-state index >= 15 is 0 Å². The zero-order chi connectivity index (χ0) is 15.1. The Morgan fingerprint density at radius 2 is 1.95 bits per heavy atom. The molecular formula is C16H27N3O. The van der Waals surface area contributed by atoms with Crippen LogP contribution in [-0.4, -0.2) is 26.5 Å². The van der Waals surface area contributed by atoms with Gasteiger partial charge in [-0.3, -0.25) is 4.79 Å². The van der Waals surface area contributed by atoms with Crippen LogP contribution in [0.3, 0.4) is 0 Å². The Balaban J connectivity index is 2.66. The van der Waals surface area contributed by atoms with Gasteiger partial charge in [-0.25, -0.2) is 0 Å². The van der Waals surface area contributed by atoms with Crippen LogP contribution < -0.4 is 16.0 Å². The van der Waals surface area contributed by atoms with Crippen molar-refractivity contribution in [1.82, 2.24) is 0 Å². The van der Waals surface area contributed by atoms with Crippen molar-refractivity contribution in [3.05, 3.63) is 24.3 Å². The molecular weight excluding hydrogens is 250 g/mol. The van der Waals surface area contributed by atoms with Crippen molar-refractivity contribution < 1.29 is 4.79 Å². The van der Waals surface area contributed by atoms with E-state index in [1.165, 1.54) is 0 Å². The molecule has 0 bridgehead atoms. The number of hydrogen-bond acceptors (Lipinski definition) is 3. The molecule has 0 aromatic heterocycles. The van der Waals surface area contributed by atoms with E-state index in [0.29, 0.717) is 18.9 Å². The molecule has 0 saturated carbocycles. The molecule has 3 N–H and O–H groups in total. The summed E-state index contributed by atoms with van der Waals surface area (Å²) >= 11 is 0. The smallest absolute Gasteiger partial charge is 0.224 e.